The smallest absolute Gasteiger partial charge is 0.328 e. The molecule has 2 aromatic carbocycles. The summed E-state index contributed by atoms with van der Waals surface area (Å²) >= 11 is 0. The zero-order valence-electron chi connectivity index (χ0n) is 22.5. The second-order valence-corrected chi connectivity index (χ2v) is 9.87. The maximum Gasteiger partial charge on any atom is 0.328 e. The fourth-order valence-electron chi connectivity index (χ4n) is 4.17. The Labute approximate surface area is 230 Å². The lowest BCUT2D eigenvalue weighted by molar-refractivity contribution is -0.154. The first-order valence-corrected chi connectivity index (χ1v) is 12.3. The van der Waals surface area contributed by atoms with E-state index in [0.29, 0.717) is 21.8 Å². The number of anilines is 2. The zero-order valence-corrected chi connectivity index (χ0v) is 22.5. The first kappa shape index (κ1) is 29.6. The molecule has 1 aliphatic heterocycles. The summed E-state index contributed by atoms with van der Waals surface area (Å²) in [7, 11) is 1.11. The Bertz CT molecular complexity index is 1340. The predicted octanol–water partition coefficient (Wildman–Crippen LogP) is 2.57. The number of imide groups is 1. The Morgan fingerprint density at radius 1 is 0.975 bits per heavy atom. The number of aryl methyl sites for hydroxylation is 1. The lowest BCUT2D eigenvalue weighted by Crippen LogP contribution is -2.49. The van der Waals surface area contributed by atoms with Gasteiger partial charge in [0.15, 0.2) is 0 Å². The highest BCUT2D eigenvalue weighted by Gasteiger charge is 2.52. The van der Waals surface area contributed by atoms with E-state index in [9.17, 15) is 33.9 Å². The van der Waals surface area contributed by atoms with E-state index in [4.69, 9.17) is 5.11 Å². The topological polar surface area (TPSA) is 177 Å². The molecule has 2 aromatic rings. The number of hydrogen-bond acceptors (Lipinski definition) is 6. The van der Waals surface area contributed by atoms with E-state index in [0.717, 1.165) is 17.5 Å². The molecule has 6 amide bonds. The summed E-state index contributed by atoms with van der Waals surface area (Å²) in [6.45, 7) is 4.20. The van der Waals surface area contributed by atoms with Crippen LogP contribution in [0.5, 0.6) is 0 Å². The molecule has 13 heteroatoms. The number of hydrogen-bond donors (Lipinski definition) is 4. The largest absolute Gasteiger partial charge is 0.481 e. The van der Waals surface area contributed by atoms with Crippen molar-refractivity contribution in [2.45, 2.75) is 45.3 Å². The highest BCUT2D eigenvalue weighted by atomic mass is 16.4. The fourth-order valence-corrected chi connectivity index (χ4v) is 4.17. The van der Waals surface area contributed by atoms with Gasteiger partial charge in [0.2, 0.25) is 5.91 Å². The third-order valence-corrected chi connectivity index (χ3v) is 6.66. The molecular weight excluding hydrogens is 522 g/mol. The molecule has 0 spiro atoms. The van der Waals surface area contributed by atoms with Gasteiger partial charge in [0, 0.05) is 25.0 Å². The summed E-state index contributed by atoms with van der Waals surface area (Å²) in [5.74, 6) is -4.49. The van der Waals surface area contributed by atoms with E-state index in [1.54, 1.807) is 30.3 Å². The number of carbonyl (C=O) groups is 6. The van der Waals surface area contributed by atoms with Gasteiger partial charge in [0.25, 0.3) is 5.91 Å². The Morgan fingerprint density at radius 2 is 1.60 bits per heavy atom. The number of benzene rings is 2. The van der Waals surface area contributed by atoms with Gasteiger partial charge in [-0.2, -0.15) is 0 Å². The number of urea groups is 2. The number of carbonyl (C=O) groups excluding carboxylic acids is 4. The van der Waals surface area contributed by atoms with Crippen LogP contribution in [0.4, 0.5) is 21.0 Å². The molecule has 0 aliphatic carbocycles. The summed E-state index contributed by atoms with van der Waals surface area (Å²) in [6.07, 6.45) is -0.838. The predicted molar refractivity (Wildman–Crippen MR) is 143 cm³/mol. The second-order valence-electron chi connectivity index (χ2n) is 9.87. The molecule has 1 fully saturated rings. The molecule has 0 aromatic heterocycles. The standard InChI is InChI=1S/C27H31N5O8/c1-16-7-5-6-8-19(16)29-25(39)28-18-11-9-17(10-12-18)14-32-26(40)31(24(38)27(32,2)3)15-21(33)30(4)20(23(36)37)13-22(34)35/h5-12,20H,13-15H2,1-4H3,(H,34,35)(H,36,37)(H2,28,29,39)/t20-/m0/s1. The van der Waals surface area contributed by atoms with E-state index in [1.165, 1.54) is 18.7 Å². The van der Waals surface area contributed by atoms with Gasteiger partial charge in [-0.1, -0.05) is 30.3 Å². The Kier molecular flexibility index (Phi) is 8.77. The van der Waals surface area contributed by atoms with Crippen LogP contribution >= 0.6 is 0 Å². The number of rotatable bonds is 10. The van der Waals surface area contributed by atoms with Gasteiger partial charge >= 0.3 is 24.0 Å². The number of carboxylic acid groups (broad SMARTS) is 2. The molecule has 4 N–H and O–H groups in total. The molecule has 40 heavy (non-hydrogen) atoms. The lowest BCUT2D eigenvalue weighted by Gasteiger charge is -2.27. The number of carboxylic acids is 2. The third kappa shape index (κ3) is 6.54. The monoisotopic (exact) mass is 553 g/mol. The van der Waals surface area contributed by atoms with Gasteiger partial charge in [0.1, 0.15) is 18.1 Å². The Hall–Kier alpha value is -4.94. The van der Waals surface area contributed by atoms with Crippen LogP contribution in [0.1, 0.15) is 31.4 Å². The average molecular weight is 554 g/mol. The summed E-state index contributed by atoms with van der Waals surface area (Å²) in [5, 5.41) is 23.7. The van der Waals surface area contributed by atoms with Crippen LogP contribution in [0, 0.1) is 6.92 Å². The van der Waals surface area contributed by atoms with Crippen LogP contribution in [0.2, 0.25) is 0 Å². The summed E-state index contributed by atoms with van der Waals surface area (Å²) in [6, 6.07) is 11.1. The van der Waals surface area contributed by atoms with Crippen molar-refractivity contribution >= 4 is 47.2 Å². The normalized spacial score (nSPS) is 15.0. The van der Waals surface area contributed by atoms with Gasteiger partial charge in [-0.05, 0) is 50.1 Å². The van der Waals surface area contributed by atoms with Crippen LogP contribution in [0.25, 0.3) is 0 Å². The summed E-state index contributed by atoms with van der Waals surface area (Å²) in [4.78, 5) is 76.5. The molecule has 13 nitrogen and oxygen atoms in total. The third-order valence-electron chi connectivity index (χ3n) is 6.66. The minimum absolute atomic E-state index is 0.0184. The van der Waals surface area contributed by atoms with Crippen molar-refractivity contribution in [3.63, 3.8) is 0 Å². The van der Waals surface area contributed by atoms with E-state index in [-0.39, 0.29) is 6.54 Å². The van der Waals surface area contributed by atoms with E-state index < -0.39 is 60.4 Å². The Morgan fingerprint density at radius 3 is 2.17 bits per heavy atom. The molecule has 0 bridgehead atoms. The van der Waals surface area contributed by atoms with Crippen molar-refractivity contribution in [1.82, 2.24) is 14.7 Å². The SMILES string of the molecule is Cc1ccccc1NC(=O)Nc1ccc(CN2C(=O)N(CC(=O)N(C)[C@@H](CC(=O)O)C(=O)O)C(=O)C2(C)C)cc1. The number of nitrogens with one attached hydrogen (secondary N) is 2. The maximum absolute atomic E-state index is 13.2. The van der Waals surface area contributed by atoms with E-state index in [1.807, 2.05) is 25.1 Å². The summed E-state index contributed by atoms with van der Waals surface area (Å²) in [5.41, 5.74) is 1.42. The van der Waals surface area contributed by atoms with Crippen LogP contribution < -0.4 is 10.6 Å². The minimum Gasteiger partial charge on any atom is -0.481 e. The van der Waals surface area contributed by atoms with Gasteiger partial charge in [-0.3, -0.25) is 19.3 Å². The van der Waals surface area contributed by atoms with Gasteiger partial charge < -0.3 is 30.6 Å². The fraction of sp³-hybridized carbons (Fsp3) is 0.333. The molecule has 212 valence electrons. The number of likely N-dealkylation sites (N-methyl/N-ethyl adjacent to an activating group) is 1. The average Bonchev–Trinajstić information content (AvgIpc) is 3.04. The lowest BCUT2D eigenvalue weighted by atomic mass is 10.0. The highest BCUT2D eigenvalue weighted by Crippen LogP contribution is 2.30. The van der Waals surface area contributed by atoms with Crippen LogP contribution in [0.3, 0.4) is 0 Å². The van der Waals surface area contributed by atoms with E-state index >= 15 is 0 Å². The quantitative estimate of drug-likeness (QED) is 0.324. The minimum atomic E-state index is -1.66. The highest BCUT2D eigenvalue weighted by molar-refractivity contribution is 6.08. The molecule has 0 saturated carbocycles. The molecule has 0 radical (unpaired) electrons. The molecule has 0 unspecified atom stereocenters. The van der Waals surface area contributed by atoms with Crippen molar-refractivity contribution in [2.75, 3.05) is 24.2 Å². The second kappa shape index (κ2) is 11.8. The van der Waals surface area contributed by atoms with Crippen LogP contribution in [-0.2, 0) is 25.7 Å². The van der Waals surface area contributed by atoms with Crippen LogP contribution in [-0.4, -0.2) is 85.9 Å². The molecule has 1 saturated heterocycles. The van der Waals surface area contributed by atoms with Crippen molar-refractivity contribution < 1.29 is 39.0 Å². The van der Waals surface area contributed by atoms with Crippen molar-refractivity contribution in [2.24, 2.45) is 0 Å². The van der Waals surface area contributed by atoms with Gasteiger partial charge in [0.05, 0.1) is 6.42 Å². The maximum atomic E-state index is 13.2. The van der Waals surface area contributed by atoms with Crippen molar-refractivity contribution in [1.29, 1.82) is 0 Å². The van der Waals surface area contributed by atoms with Crippen molar-refractivity contribution in [3.05, 3.63) is 59.7 Å². The zero-order chi connectivity index (χ0) is 29.8. The molecule has 1 aliphatic rings. The first-order chi connectivity index (χ1) is 18.7. The molecular formula is C27H31N5O8. The van der Waals surface area contributed by atoms with E-state index in [2.05, 4.69) is 10.6 Å². The summed E-state index contributed by atoms with van der Waals surface area (Å²) < 4.78 is 0. The van der Waals surface area contributed by atoms with Gasteiger partial charge in [-0.25, -0.2) is 14.4 Å². The molecule has 1 atom stereocenters. The number of amides is 6. The number of para-hydroxylation sites is 1. The molecule has 1 heterocycles. The number of nitrogens with zero attached hydrogens (tertiary/aromatic N) is 3. The molecule has 3 rings (SSSR count). The van der Waals surface area contributed by atoms with Gasteiger partial charge in [-0.15, -0.1) is 0 Å². The first-order valence-electron chi connectivity index (χ1n) is 12.3. The number of aliphatic carboxylic acids is 2. The van der Waals surface area contributed by atoms with Crippen LogP contribution in [0.15, 0.2) is 48.5 Å². The van der Waals surface area contributed by atoms with Crippen molar-refractivity contribution in [3.8, 4) is 0 Å². The Balaban J connectivity index is 1.66.